The standard InChI is InChI=1S/C13H17NO2/c1-10-6-7-13(16-3)12(9-10)5-4-8-14-11(2)15/h4-7,9H,8H2,1-3H3,(H,14,15). The average molecular weight is 219 g/mol. The lowest BCUT2D eigenvalue weighted by molar-refractivity contribution is -0.118. The van der Waals surface area contributed by atoms with Crippen molar-refractivity contribution in [1.82, 2.24) is 5.32 Å². The molecule has 0 aliphatic rings. The Labute approximate surface area is 96.1 Å². The first-order chi connectivity index (χ1) is 7.63. The number of hydrogen-bond acceptors (Lipinski definition) is 2. The minimum Gasteiger partial charge on any atom is -0.496 e. The molecule has 0 aliphatic heterocycles. The van der Waals surface area contributed by atoms with Crippen LogP contribution in [-0.4, -0.2) is 19.6 Å². The molecule has 0 heterocycles. The van der Waals surface area contributed by atoms with E-state index < -0.39 is 0 Å². The van der Waals surface area contributed by atoms with Gasteiger partial charge in [-0.3, -0.25) is 4.79 Å². The molecule has 1 N–H and O–H groups in total. The fourth-order valence-corrected chi connectivity index (χ4v) is 1.37. The van der Waals surface area contributed by atoms with Gasteiger partial charge in [0.05, 0.1) is 7.11 Å². The normalized spacial score (nSPS) is 10.4. The van der Waals surface area contributed by atoms with Crippen molar-refractivity contribution >= 4 is 12.0 Å². The fourth-order valence-electron chi connectivity index (χ4n) is 1.37. The van der Waals surface area contributed by atoms with E-state index >= 15 is 0 Å². The van der Waals surface area contributed by atoms with E-state index in [1.165, 1.54) is 12.5 Å². The Morgan fingerprint density at radius 3 is 2.88 bits per heavy atom. The molecule has 0 unspecified atom stereocenters. The third-order valence-corrected chi connectivity index (χ3v) is 2.15. The van der Waals surface area contributed by atoms with Crippen molar-refractivity contribution in [3.63, 3.8) is 0 Å². The lowest BCUT2D eigenvalue weighted by atomic mass is 10.1. The minimum atomic E-state index is -0.0270. The molecule has 1 amide bonds. The zero-order valence-corrected chi connectivity index (χ0v) is 9.91. The zero-order chi connectivity index (χ0) is 12.0. The fraction of sp³-hybridized carbons (Fsp3) is 0.308. The summed E-state index contributed by atoms with van der Waals surface area (Å²) in [5.74, 6) is 0.811. The highest BCUT2D eigenvalue weighted by Crippen LogP contribution is 2.20. The molecule has 0 fully saturated rings. The van der Waals surface area contributed by atoms with Crippen molar-refractivity contribution < 1.29 is 9.53 Å². The molecule has 0 atom stereocenters. The van der Waals surface area contributed by atoms with Gasteiger partial charge in [0.15, 0.2) is 0 Å². The van der Waals surface area contributed by atoms with Crippen LogP contribution in [0.5, 0.6) is 5.75 Å². The quantitative estimate of drug-likeness (QED) is 0.842. The Hall–Kier alpha value is -1.77. The van der Waals surface area contributed by atoms with Crippen LogP contribution < -0.4 is 10.1 Å². The summed E-state index contributed by atoms with van der Waals surface area (Å²) in [5.41, 5.74) is 2.20. The minimum absolute atomic E-state index is 0.0270. The smallest absolute Gasteiger partial charge is 0.217 e. The number of rotatable bonds is 4. The van der Waals surface area contributed by atoms with Crippen molar-refractivity contribution in [2.24, 2.45) is 0 Å². The summed E-state index contributed by atoms with van der Waals surface area (Å²) in [6.45, 7) is 4.07. The zero-order valence-electron chi connectivity index (χ0n) is 9.91. The largest absolute Gasteiger partial charge is 0.496 e. The third kappa shape index (κ3) is 3.77. The van der Waals surface area contributed by atoms with Crippen LogP contribution >= 0.6 is 0 Å². The molecule has 1 rings (SSSR count). The van der Waals surface area contributed by atoms with E-state index in [-0.39, 0.29) is 5.91 Å². The van der Waals surface area contributed by atoms with Gasteiger partial charge in [-0.1, -0.05) is 23.8 Å². The SMILES string of the molecule is COc1ccc(C)cc1C=CCNC(C)=O. The van der Waals surface area contributed by atoms with Crippen molar-refractivity contribution in [3.8, 4) is 5.75 Å². The van der Waals surface area contributed by atoms with Crippen LogP contribution in [0.2, 0.25) is 0 Å². The second-order valence-electron chi connectivity index (χ2n) is 3.58. The molecular formula is C13H17NO2. The molecule has 0 spiro atoms. The molecule has 16 heavy (non-hydrogen) atoms. The van der Waals surface area contributed by atoms with Crippen LogP contribution in [0, 0.1) is 6.92 Å². The van der Waals surface area contributed by atoms with Crippen LogP contribution in [0.3, 0.4) is 0 Å². The monoisotopic (exact) mass is 219 g/mol. The molecule has 0 aliphatic carbocycles. The summed E-state index contributed by atoms with van der Waals surface area (Å²) in [6, 6.07) is 5.99. The Morgan fingerprint density at radius 1 is 1.50 bits per heavy atom. The van der Waals surface area contributed by atoms with Gasteiger partial charge in [-0.05, 0) is 19.1 Å². The summed E-state index contributed by atoms with van der Waals surface area (Å²) in [7, 11) is 1.65. The summed E-state index contributed by atoms with van der Waals surface area (Å²) in [4.78, 5) is 10.7. The number of aryl methyl sites for hydroxylation is 1. The topological polar surface area (TPSA) is 38.3 Å². The van der Waals surface area contributed by atoms with Gasteiger partial charge in [-0.2, -0.15) is 0 Å². The maximum absolute atomic E-state index is 10.7. The molecule has 3 heteroatoms. The van der Waals surface area contributed by atoms with Crippen molar-refractivity contribution in [1.29, 1.82) is 0 Å². The van der Waals surface area contributed by atoms with Crippen LogP contribution in [0.1, 0.15) is 18.1 Å². The summed E-state index contributed by atoms with van der Waals surface area (Å²) >= 11 is 0. The number of methoxy groups -OCH3 is 1. The average Bonchev–Trinajstić information content (AvgIpc) is 2.24. The lowest BCUT2D eigenvalue weighted by Gasteiger charge is -2.05. The first-order valence-electron chi connectivity index (χ1n) is 5.19. The highest BCUT2D eigenvalue weighted by molar-refractivity contribution is 5.73. The van der Waals surface area contributed by atoms with Crippen molar-refractivity contribution in [2.75, 3.05) is 13.7 Å². The number of benzene rings is 1. The summed E-state index contributed by atoms with van der Waals surface area (Å²) in [6.07, 6.45) is 3.85. The molecular weight excluding hydrogens is 202 g/mol. The van der Waals surface area contributed by atoms with Gasteiger partial charge in [-0.15, -0.1) is 0 Å². The van der Waals surface area contributed by atoms with E-state index in [0.29, 0.717) is 6.54 Å². The molecule has 0 bridgehead atoms. The Balaban J connectivity index is 2.71. The second kappa shape index (κ2) is 5.95. The van der Waals surface area contributed by atoms with Gasteiger partial charge in [0, 0.05) is 19.0 Å². The molecule has 0 aromatic heterocycles. The summed E-state index contributed by atoms with van der Waals surface area (Å²) in [5, 5.41) is 2.70. The van der Waals surface area contributed by atoms with Crippen molar-refractivity contribution in [3.05, 3.63) is 35.4 Å². The number of amides is 1. The van der Waals surface area contributed by atoms with E-state index in [9.17, 15) is 4.79 Å². The van der Waals surface area contributed by atoms with Gasteiger partial charge in [0.2, 0.25) is 5.91 Å². The molecule has 0 saturated carbocycles. The summed E-state index contributed by atoms with van der Waals surface area (Å²) < 4.78 is 5.24. The van der Waals surface area contributed by atoms with E-state index in [0.717, 1.165) is 11.3 Å². The van der Waals surface area contributed by atoms with Crippen LogP contribution in [0.25, 0.3) is 6.08 Å². The van der Waals surface area contributed by atoms with Crippen molar-refractivity contribution in [2.45, 2.75) is 13.8 Å². The Morgan fingerprint density at radius 2 is 2.25 bits per heavy atom. The van der Waals surface area contributed by atoms with Gasteiger partial charge in [0.1, 0.15) is 5.75 Å². The third-order valence-electron chi connectivity index (χ3n) is 2.15. The number of carbonyl (C=O) groups is 1. The number of ether oxygens (including phenoxy) is 1. The predicted octanol–water partition coefficient (Wildman–Crippen LogP) is 2.15. The Kier molecular flexibility index (Phi) is 4.58. The highest BCUT2D eigenvalue weighted by Gasteiger charge is 1.98. The molecule has 1 aromatic rings. The number of carbonyl (C=O) groups excluding carboxylic acids is 1. The molecule has 0 saturated heterocycles. The van der Waals surface area contributed by atoms with Crippen LogP contribution in [0.15, 0.2) is 24.3 Å². The highest BCUT2D eigenvalue weighted by atomic mass is 16.5. The number of hydrogen-bond donors (Lipinski definition) is 1. The van der Waals surface area contributed by atoms with Gasteiger partial charge in [0.25, 0.3) is 0 Å². The van der Waals surface area contributed by atoms with Gasteiger partial charge in [-0.25, -0.2) is 0 Å². The van der Waals surface area contributed by atoms with Crippen LogP contribution in [0.4, 0.5) is 0 Å². The number of nitrogens with one attached hydrogen (secondary N) is 1. The van der Waals surface area contributed by atoms with E-state index in [4.69, 9.17) is 4.74 Å². The van der Waals surface area contributed by atoms with Gasteiger partial charge >= 0.3 is 0 Å². The predicted molar refractivity (Wildman–Crippen MR) is 65.4 cm³/mol. The molecule has 0 radical (unpaired) electrons. The van der Waals surface area contributed by atoms with Crippen LogP contribution in [-0.2, 0) is 4.79 Å². The Bertz CT molecular complexity index is 397. The first-order valence-corrected chi connectivity index (χ1v) is 5.19. The second-order valence-corrected chi connectivity index (χ2v) is 3.58. The van der Waals surface area contributed by atoms with E-state index in [2.05, 4.69) is 5.32 Å². The maximum atomic E-state index is 10.7. The molecule has 86 valence electrons. The van der Waals surface area contributed by atoms with Gasteiger partial charge < -0.3 is 10.1 Å². The first kappa shape index (κ1) is 12.3. The van der Waals surface area contributed by atoms with E-state index in [1.54, 1.807) is 7.11 Å². The molecule has 1 aromatic carbocycles. The molecule has 3 nitrogen and oxygen atoms in total. The van der Waals surface area contributed by atoms with E-state index in [1.807, 2.05) is 37.3 Å². The lowest BCUT2D eigenvalue weighted by Crippen LogP contribution is -2.19. The maximum Gasteiger partial charge on any atom is 0.217 e.